The van der Waals surface area contributed by atoms with Crippen LogP contribution in [0.4, 0.5) is 0 Å². The maximum atomic E-state index is 10.8. The van der Waals surface area contributed by atoms with Crippen molar-refractivity contribution in [3.8, 4) is 6.07 Å². The summed E-state index contributed by atoms with van der Waals surface area (Å²) in [6, 6.07) is 5.60. The van der Waals surface area contributed by atoms with Crippen LogP contribution in [-0.4, -0.2) is 34.0 Å². The van der Waals surface area contributed by atoms with Crippen molar-refractivity contribution in [3.63, 3.8) is 0 Å². The van der Waals surface area contributed by atoms with Crippen LogP contribution >= 0.6 is 0 Å². The molecule has 0 saturated carbocycles. The minimum atomic E-state index is -0.722. The molecule has 1 fully saturated rings. The van der Waals surface area contributed by atoms with E-state index in [1.807, 2.05) is 12.1 Å². The van der Waals surface area contributed by atoms with Crippen LogP contribution in [0.15, 0.2) is 18.3 Å². The summed E-state index contributed by atoms with van der Waals surface area (Å²) < 4.78 is 0. The molecule has 0 radical (unpaired) electrons. The lowest BCUT2D eigenvalue weighted by Crippen LogP contribution is -2.22. The van der Waals surface area contributed by atoms with Crippen molar-refractivity contribution >= 4 is 5.97 Å². The molecule has 1 aliphatic heterocycles. The number of nitriles is 1. The Morgan fingerprint density at radius 2 is 2.53 bits per heavy atom. The first-order valence-corrected chi connectivity index (χ1v) is 5.49. The smallest absolute Gasteiger partial charge is 0.307 e. The first-order chi connectivity index (χ1) is 8.19. The lowest BCUT2D eigenvalue weighted by molar-refractivity contribution is -0.141. The van der Waals surface area contributed by atoms with E-state index in [4.69, 9.17) is 10.4 Å². The molecule has 1 aromatic heterocycles. The highest BCUT2D eigenvalue weighted by atomic mass is 16.4. The highest BCUT2D eigenvalue weighted by molar-refractivity contribution is 5.70. The van der Waals surface area contributed by atoms with Crippen LogP contribution in [-0.2, 0) is 11.3 Å². The SMILES string of the molecule is N#Cc1cc(CN2CCC(C(=O)O)C2)ccn1. The Kier molecular flexibility index (Phi) is 3.35. The fraction of sp³-hybridized carbons (Fsp3) is 0.417. The van der Waals surface area contributed by atoms with Crippen molar-refractivity contribution in [1.29, 1.82) is 5.26 Å². The Balaban J connectivity index is 1.98. The van der Waals surface area contributed by atoms with Gasteiger partial charge in [-0.15, -0.1) is 0 Å². The number of carboxylic acid groups (broad SMARTS) is 1. The van der Waals surface area contributed by atoms with E-state index in [1.165, 1.54) is 0 Å². The molecule has 1 unspecified atom stereocenters. The summed E-state index contributed by atoms with van der Waals surface area (Å²) in [5.74, 6) is -0.979. The van der Waals surface area contributed by atoms with Crippen LogP contribution in [0.25, 0.3) is 0 Å². The van der Waals surface area contributed by atoms with E-state index < -0.39 is 5.97 Å². The van der Waals surface area contributed by atoms with Crippen molar-refractivity contribution < 1.29 is 9.90 Å². The molecule has 5 heteroatoms. The summed E-state index contributed by atoms with van der Waals surface area (Å²) in [5.41, 5.74) is 1.40. The Labute approximate surface area is 99.3 Å². The molecule has 5 nitrogen and oxygen atoms in total. The zero-order valence-electron chi connectivity index (χ0n) is 9.33. The number of hydrogen-bond acceptors (Lipinski definition) is 4. The van der Waals surface area contributed by atoms with Gasteiger partial charge < -0.3 is 5.11 Å². The van der Waals surface area contributed by atoms with Crippen LogP contribution < -0.4 is 0 Å². The van der Waals surface area contributed by atoms with Gasteiger partial charge in [-0.25, -0.2) is 4.98 Å². The van der Waals surface area contributed by atoms with E-state index in [0.29, 0.717) is 25.2 Å². The number of rotatable bonds is 3. The van der Waals surface area contributed by atoms with Crippen LogP contribution in [0.5, 0.6) is 0 Å². The van der Waals surface area contributed by atoms with E-state index in [-0.39, 0.29) is 5.92 Å². The summed E-state index contributed by atoms with van der Waals surface area (Å²) in [6.45, 7) is 2.06. The third kappa shape index (κ3) is 2.80. The number of hydrogen-bond donors (Lipinski definition) is 1. The third-order valence-electron chi connectivity index (χ3n) is 2.97. The summed E-state index contributed by atoms with van der Waals surface area (Å²) >= 11 is 0. The van der Waals surface area contributed by atoms with Gasteiger partial charge in [-0.3, -0.25) is 9.69 Å². The number of carboxylic acids is 1. The average molecular weight is 231 g/mol. The van der Waals surface area contributed by atoms with Gasteiger partial charge >= 0.3 is 5.97 Å². The molecule has 17 heavy (non-hydrogen) atoms. The standard InChI is InChI=1S/C12H13N3O2/c13-6-11-5-9(1-3-14-11)7-15-4-2-10(8-15)12(16)17/h1,3,5,10H,2,4,7-8H2,(H,16,17). The van der Waals surface area contributed by atoms with Crippen LogP contribution in [0.2, 0.25) is 0 Å². The molecule has 0 aromatic carbocycles. The maximum absolute atomic E-state index is 10.8. The van der Waals surface area contributed by atoms with Gasteiger partial charge in [0.25, 0.3) is 0 Å². The quantitative estimate of drug-likeness (QED) is 0.834. The van der Waals surface area contributed by atoms with E-state index in [9.17, 15) is 4.79 Å². The van der Waals surface area contributed by atoms with E-state index in [2.05, 4.69) is 9.88 Å². The number of pyridine rings is 1. The summed E-state index contributed by atoms with van der Waals surface area (Å²) in [4.78, 5) is 16.8. The summed E-state index contributed by atoms with van der Waals surface area (Å²) in [6.07, 6.45) is 2.31. The molecule has 1 saturated heterocycles. The molecule has 0 aliphatic carbocycles. The predicted molar refractivity (Wildman–Crippen MR) is 60.0 cm³/mol. The highest BCUT2D eigenvalue weighted by Crippen LogP contribution is 2.18. The number of aromatic nitrogens is 1. The molecule has 2 heterocycles. The number of nitrogens with zero attached hydrogens (tertiary/aromatic N) is 3. The van der Waals surface area contributed by atoms with Gasteiger partial charge in [0.15, 0.2) is 0 Å². The lowest BCUT2D eigenvalue weighted by atomic mass is 10.1. The Morgan fingerprint density at radius 1 is 1.71 bits per heavy atom. The van der Waals surface area contributed by atoms with E-state index in [0.717, 1.165) is 12.1 Å². The van der Waals surface area contributed by atoms with Gasteiger partial charge in [-0.05, 0) is 30.7 Å². The first kappa shape index (κ1) is 11.6. The van der Waals surface area contributed by atoms with Crippen molar-refractivity contribution in [3.05, 3.63) is 29.6 Å². The normalized spacial score (nSPS) is 20.1. The van der Waals surface area contributed by atoms with Crippen LogP contribution in [0.1, 0.15) is 17.7 Å². The summed E-state index contributed by atoms with van der Waals surface area (Å²) in [7, 11) is 0. The molecule has 1 aromatic rings. The molecular formula is C12H13N3O2. The largest absolute Gasteiger partial charge is 0.481 e. The van der Waals surface area contributed by atoms with E-state index in [1.54, 1.807) is 12.3 Å². The Bertz CT molecular complexity index is 467. The van der Waals surface area contributed by atoms with Crippen LogP contribution in [0.3, 0.4) is 0 Å². The zero-order valence-corrected chi connectivity index (χ0v) is 9.33. The molecule has 2 rings (SSSR count). The molecule has 0 spiro atoms. The van der Waals surface area contributed by atoms with E-state index >= 15 is 0 Å². The van der Waals surface area contributed by atoms with Gasteiger partial charge in [-0.2, -0.15) is 5.26 Å². The number of likely N-dealkylation sites (tertiary alicyclic amines) is 1. The fourth-order valence-corrected chi connectivity index (χ4v) is 2.07. The topological polar surface area (TPSA) is 77.2 Å². The number of aliphatic carboxylic acids is 1. The highest BCUT2D eigenvalue weighted by Gasteiger charge is 2.27. The molecule has 0 bridgehead atoms. The second-order valence-electron chi connectivity index (χ2n) is 4.22. The molecule has 1 aliphatic rings. The Morgan fingerprint density at radius 3 is 3.18 bits per heavy atom. The van der Waals surface area contributed by atoms with Crippen molar-refractivity contribution in [1.82, 2.24) is 9.88 Å². The second-order valence-corrected chi connectivity index (χ2v) is 4.22. The van der Waals surface area contributed by atoms with Crippen molar-refractivity contribution in [2.24, 2.45) is 5.92 Å². The van der Waals surface area contributed by atoms with Gasteiger partial charge in [0.05, 0.1) is 5.92 Å². The van der Waals surface area contributed by atoms with Crippen molar-refractivity contribution in [2.75, 3.05) is 13.1 Å². The van der Waals surface area contributed by atoms with Gasteiger partial charge in [0.1, 0.15) is 11.8 Å². The number of carbonyl (C=O) groups is 1. The zero-order chi connectivity index (χ0) is 12.3. The van der Waals surface area contributed by atoms with Gasteiger partial charge in [-0.1, -0.05) is 0 Å². The minimum Gasteiger partial charge on any atom is -0.481 e. The minimum absolute atomic E-state index is 0.257. The first-order valence-electron chi connectivity index (χ1n) is 5.49. The molecule has 88 valence electrons. The fourth-order valence-electron chi connectivity index (χ4n) is 2.07. The third-order valence-corrected chi connectivity index (χ3v) is 2.97. The molecule has 1 atom stereocenters. The lowest BCUT2D eigenvalue weighted by Gasteiger charge is -2.14. The van der Waals surface area contributed by atoms with Crippen molar-refractivity contribution in [2.45, 2.75) is 13.0 Å². The molecular weight excluding hydrogens is 218 g/mol. The maximum Gasteiger partial charge on any atom is 0.307 e. The Hall–Kier alpha value is -1.93. The molecule has 1 N–H and O–H groups in total. The average Bonchev–Trinajstić information content (AvgIpc) is 2.78. The van der Waals surface area contributed by atoms with Gasteiger partial charge in [0.2, 0.25) is 0 Å². The molecule has 0 amide bonds. The monoisotopic (exact) mass is 231 g/mol. The summed E-state index contributed by atoms with van der Waals surface area (Å²) in [5, 5.41) is 17.6. The van der Waals surface area contributed by atoms with Crippen LogP contribution in [0, 0.1) is 17.2 Å². The predicted octanol–water partition coefficient (Wildman–Crippen LogP) is 0.860. The second kappa shape index (κ2) is 4.93. The van der Waals surface area contributed by atoms with Gasteiger partial charge in [0, 0.05) is 19.3 Å².